The highest BCUT2D eigenvalue weighted by Crippen LogP contribution is 2.37. The van der Waals surface area contributed by atoms with Crippen LogP contribution in [0.15, 0.2) is 45.6 Å². The number of carboxylic acid groups (broad SMARTS) is 1. The van der Waals surface area contributed by atoms with Crippen LogP contribution >= 0.6 is 0 Å². The first kappa shape index (κ1) is 16.7. The van der Waals surface area contributed by atoms with Gasteiger partial charge in [0.25, 0.3) is 0 Å². The van der Waals surface area contributed by atoms with Gasteiger partial charge in [0.2, 0.25) is 5.71 Å². The van der Waals surface area contributed by atoms with Crippen molar-refractivity contribution in [3.8, 4) is 11.3 Å². The molecule has 2 heterocycles. The average Bonchev–Trinajstić information content (AvgIpc) is 2.88. The van der Waals surface area contributed by atoms with Crippen molar-refractivity contribution in [3.63, 3.8) is 0 Å². The Morgan fingerprint density at radius 1 is 1.28 bits per heavy atom. The monoisotopic (exact) mass is 351 g/mol. The Kier molecular flexibility index (Phi) is 3.86. The number of fused-ring (bicyclic) bond motifs is 1. The normalized spacial score (nSPS) is 13.1. The molecule has 3 rings (SSSR count). The van der Waals surface area contributed by atoms with E-state index >= 15 is 0 Å². The molecule has 0 aliphatic heterocycles. The average molecular weight is 351 g/mol. The predicted octanol–water partition coefficient (Wildman–Crippen LogP) is 1.99. The molecule has 0 bridgehead atoms. The Balaban J connectivity index is 2.39. The molecule has 0 saturated heterocycles. The van der Waals surface area contributed by atoms with Crippen LogP contribution in [0.1, 0.15) is 18.5 Å². The number of carbonyl (C=O) groups is 1. The lowest BCUT2D eigenvalue weighted by Crippen LogP contribution is -2.35. The van der Waals surface area contributed by atoms with E-state index in [9.17, 15) is 27.9 Å². The summed E-state index contributed by atoms with van der Waals surface area (Å²) < 4.78 is 45.7. The largest absolute Gasteiger partial charge is 0.548 e. The molecular weight excluding hydrogens is 341 g/mol. The van der Waals surface area contributed by atoms with Crippen LogP contribution in [-0.2, 0) is 11.0 Å². The molecule has 6 nitrogen and oxygen atoms in total. The summed E-state index contributed by atoms with van der Waals surface area (Å²) in [5, 5.41) is 11.0. The number of carbonyl (C=O) groups excluding carboxylic acids is 1. The van der Waals surface area contributed by atoms with Crippen molar-refractivity contribution in [2.75, 3.05) is 0 Å². The first-order chi connectivity index (χ1) is 11.7. The van der Waals surface area contributed by atoms with E-state index in [1.807, 2.05) is 0 Å². The van der Waals surface area contributed by atoms with Crippen LogP contribution in [0.2, 0.25) is 0 Å². The van der Waals surface area contributed by atoms with E-state index in [2.05, 4.69) is 4.98 Å². The van der Waals surface area contributed by atoms with E-state index in [0.29, 0.717) is 10.1 Å². The maximum absolute atomic E-state index is 13.5. The van der Waals surface area contributed by atoms with E-state index in [1.165, 1.54) is 0 Å². The highest BCUT2D eigenvalue weighted by Gasteiger charge is 2.37. The van der Waals surface area contributed by atoms with Crippen molar-refractivity contribution in [2.24, 2.45) is 0 Å². The van der Waals surface area contributed by atoms with Gasteiger partial charge in [0.05, 0.1) is 23.3 Å². The van der Waals surface area contributed by atoms with Crippen LogP contribution in [0, 0.1) is 0 Å². The SMILES string of the molecule is CC(C(=O)[O-])n1c(=O)oc2nc(-c3ccccc3)cc(C(F)(F)F)c21. The molecule has 0 aliphatic carbocycles. The summed E-state index contributed by atoms with van der Waals surface area (Å²) in [5.74, 6) is -2.97. The van der Waals surface area contributed by atoms with Gasteiger partial charge in [-0.05, 0) is 13.0 Å². The number of benzene rings is 1. The number of alkyl halides is 3. The van der Waals surface area contributed by atoms with Crippen molar-refractivity contribution in [2.45, 2.75) is 19.1 Å². The van der Waals surface area contributed by atoms with E-state index in [4.69, 9.17) is 4.42 Å². The van der Waals surface area contributed by atoms with Gasteiger partial charge in [-0.1, -0.05) is 30.3 Å². The fourth-order valence-corrected chi connectivity index (χ4v) is 2.47. The molecule has 3 aromatic rings. The summed E-state index contributed by atoms with van der Waals surface area (Å²) in [7, 11) is 0. The quantitative estimate of drug-likeness (QED) is 0.720. The Morgan fingerprint density at radius 2 is 1.92 bits per heavy atom. The molecule has 0 spiro atoms. The van der Waals surface area contributed by atoms with Gasteiger partial charge in [-0.15, -0.1) is 0 Å². The maximum Gasteiger partial charge on any atom is 0.421 e. The second-order valence-electron chi connectivity index (χ2n) is 5.31. The van der Waals surface area contributed by atoms with E-state index in [-0.39, 0.29) is 5.69 Å². The van der Waals surface area contributed by atoms with E-state index in [1.54, 1.807) is 30.3 Å². The lowest BCUT2D eigenvalue weighted by Gasteiger charge is -2.16. The molecule has 25 heavy (non-hydrogen) atoms. The van der Waals surface area contributed by atoms with Gasteiger partial charge in [0, 0.05) is 5.56 Å². The molecule has 1 aromatic carbocycles. The lowest BCUT2D eigenvalue weighted by molar-refractivity contribution is -0.309. The zero-order valence-electron chi connectivity index (χ0n) is 12.7. The molecule has 0 N–H and O–H groups in total. The Hall–Kier alpha value is -3.10. The number of halogens is 3. The van der Waals surface area contributed by atoms with Gasteiger partial charge in [-0.2, -0.15) is 13.2 Å². The van der Waals surface area contributed by atoms with Crippen molar-refractivity contribution < 1.29 is 27.5 Å². The van der Waals surface area contributed by atoms with E-state index in [0.717, 1.165) is 13.0 Å². The Labute approximate surface area is 138 Å². The molecule has 0 aliphatic rings. The second-order valence-corrected chi connectivity index (χ2v) is 5.31. The van der Waals surface area contributed by atoms with Crippen LogP contribution in [0.4, 0.5) is 13.2 Å². The molecule has 0 amide bonds. The number of aromatic nitrogens is 2. The molecular formula is C16H10F3N2O4-. The van der Waals surface area contributed by atoms with Crippen LogP contribution < -0.4 is 10.9 Å². The summed E-state index contributed by atoms with van der Waals surface area (Å²) in [6.07, 6.45) is -4.85. The molecule has 130 valence electrons. The smallest absolute Gasteiger partial charge is 0.421 e. The molecule has 2 aromatic heterocycles. The fraction of sp³-hybridized carbons (Fsp3) is 0.188. The zero-order valence-corrected chi connectivity index (χ0v) is 12.7. The first-order valence-corrected chi connectivity index (χ1v) is 7.09. The molecule has 0 fully saturated rings. The Bertz CT molecular complexity index is 1010. The number of rotatable bonds is 3. The number of oxazole rings is 1. The van der Waals surface area contributed by atoms with Crippen LogP contribution in [-0.4, -0.2) is 15.5 Å². The number of hydrogen-bond donors (Lipinski definition) is 0. The third-order valence-corrected chi connectivity index (χ3v) is 3.69. The minimum atomic E-state index is -4.85. The first-order valence-electron chi connectivity index (χ1n) is 7.09. The van der Waals surface area contributed by atoms with Crippen molar-refractivity contribution in [1.29, 1.82) is 0 Å². The van der Waals surface area contributed by atoms with Crippen molar-refractivity contribution in [1.82, 2.24) is 9.55 Å². The molecule has 0 radical (unpaired) electrons. The predicted molar refractivity (Wildman–Crippen MR) is 78.4 cm³/mol. The van der Waals surface area contributed by atoms with Crippen LogP contribution in [0.25, 0.3) is 22.5 Å². The van der Waals surface area contributed by atoms with Crippen molar-refractivity contribution in [3.05, 3.63) is 52.5 Å². The third kappa shape index (κ3) is 2.88. The third-order valence-electron chi connectivity index (χ3n) is 3.69. The highest BCUT2D eigenvalue weighted by atomic mass is 19.4. The number of pyridine rings is 1. The number of nitrogens with zero attached hydrogens (tertiary/aromatic N) is 2. The van der Waals surface area contributed by atoms with Crippen molar-refractivity contribution >= 4 is 17.2 Å². The van der Waals surface area contributed by atoms with Gasteiger partial charge >= 0.3 is 11.9 Å². The van der Waals surface area contributed by atoms with Gasteiger partial charge in [0.15, 0.2) is 0 Å². The molecule has 1 atom stereocenters. The number of hydrogen-bond acceptors (Lipinski definition) is 5. The lowest BCUT2D eigenvalue weighted by atomic mass is 10.1. The van der Waals surface area contributed by atoms with Gasteiger partial charge < -0.3 is 14.3 Å². The van der Waals surface area contributed by atoms with Gasteiger partial charge in [0.1, 0.15) is 5.52 Å². The summed E-state index contributed by atoms with van der Waals surface area (Å²) in [6.45, 7) is 1.02. The van der Waals surface area contributed by atoms with Crippen LogP contribution in [0.5, 0.6) is 0 Å². The minimum absolute atomic E-state index is 0.0533. The highest BCUT2D eigenvalue weighted by molar-refractivity contribution is 5.81. The topological polar surface area (TPSA) is 88.2 Å². The maximum atomic E-state index is 13.5. The summed E-state index contributed by atoms with van der Waals surface area (Å²) >= 11 is 0. The summed E-state index contributed by atoms with van der Waals surface area (Å²) in [5.41, 5.74) is -2.20. The number of aliphatic carboxylic acids is 1. The number of carboxylic acids is 1. The second kappa shape index (κ2) is 5.76. The molecule has 1 unspecified atom stereocenters. The Morgan fingerprint density at radius 3 is 2.48 bits per heavy atom. The van der Waals surface area contributed by atoms with Gasteiger partial charge in [-0.25, -0.2) is 9.78 Å². The zero-order chi connectivity index (χ0) is 18.4. The summed E-state index contributed by atoms with van der Waals surface area (Å²) in [4.78, 5) is 26.9. The van der Waals surface area contributed by atoms with E-state index < -0.39 is 40.7 Å². The standard InChI is InChI=1S/C16H11F3N2O4/c1-8(14(22)23)21-12-10(16(17,18)19)7-11(9-5-3-2-4-6-9)20-13(12)25-15(21)24/h2-8H,1H3,(H,22,23)/p-1. The van der Waals surface area contributed by atoms with Crippen LogP contribution in [0.3, 0.4) is 0 Å². The summed E-state index contributed by atoms with van der Waals surface area (Å²) in [6, 6.07) is 7.12. The molecule has 9 heteroatoms. The fourth-order valence-electron chi connectivity index (χ4n) is 2.47. The van der Waals surface area contributed by atoms with Gasteiger partial charge in [-0.3, -0.25) is 4.57 Å². The minimum Gasteiger partial charge on any atom is -0.548 e. The molecule has 0 saturated carbocycles.